The van der Waals surface area contributed by atoms with Gasteiger partial charge in [-0.15, -0.1) is 5.11 Å². The molecule has 0 aliphatic carbocycles. The van der Waals surface area contributed by atoms with Gasteiger partial charge in [0.25, 0.3) is 5.69 Å². The fourth-order valence-corrected chi connectivity index (χ4v) is 1.64. The lowest BCUT2D eigenvalue weighted by molar-refractivity contribution is -0.384. The quantitative estimate of drug-likeness (QED) is 0.263. The Morgan fingerprint density at radius 2 is 1.76 bits per heavy atom. The largest absolute Gasteiger partial charge is 0.461 e. The van der Waals surface area contributed by atoms with Crippen LogP contribution >= 0.6 is 0 Å². The van der Waals surface area contributed by atoms with Gasteiger partial charge in [0.05, 0.1) is 10.6 Å². The van der Waals surface area contributed by atoms with Gasteiger partial charge in [0.1, 0.15) is 5.69 Å². The third kappa shape index (κ3) is 4.62. The molecule has 7 nitrogen and oxygen atoms in total. The fourth-order valence-electron chi connectivity index (χ4n) is 1.64. The van der Waals surface area contributed by atoms with Crippen molar-refractivity contribution in [2.45, 2.75) is 12.5 Å². The summed E-state index contributed by atoms with van der Waals surface area (Å²) in [5.74, 6) is -0.684. The van der Waals surface area contributed by atoms with Gasteiger partial charge in [0.2, 0.25) is 0 Å². The molecule has 0 aliphatic rings. The molecule has 0 bridgehead atoms. The number of nitro benzene ring substituents is 1. The van der Waals surface area contributed by atoms with Crippen molar-refractivity contribution in [2.75, 3.05) is 5.73 Å². The van der Waals surface area contributed by atoms with Crippen LogP contribution in [0, 0.1) is 10.1 Å². The van der Waals surface area contributed by atoms with E-state index in [1.807, 2.05) is 0 Å². The maximum atomic E-state index is 13.1. The van der Waals surface area contributed by atoms with Crippen molar-refractivity contribution in [1.82, 2.24) is 0 Å². The molecule has 2 aromatic carbocycles. The Labute approximate surface area is 137 Å². The highest BCUT2D eigenvalue weighted by Crippen LogP contribution is 2.36. The van der Waals surface area contributed by atoms with Crippen molar-refractivity contribution in [2.24, 2.45) is 10.2 Å². The van der Waals surface area contributed by atoms with Crippen molar-refractivity contribution in [1.29, 1.82) is 0 Å². The van der Waals surface area contributed by atoms with E-state index in [0.29, 0.717) is 0 Å². The molecule has 0 heterocycles. The molecule has 25 heavy (non-hydrogen) atoms. The topological polar surface area (TPSA) is 103 Å². The van der Waals surface area contributed by atoms with Crippen molar-refractivity contribution in [3.63, 3.8) is 0 Å². The second kappa shape index (κ2) is 7.11. The van der Waals surface area contributed by atoms with Crippen molar-refractivity contribution >= 4 is 22.7 Å². The first-order chi connectivity index (χ1) is 11.7. The summed E-state index contributed by atoms with van der Waals surface area (Å²) in [5.41, 5.74) is 5.15. The summed E-state index contributed by atoms with van der Waals surface area (Å²) in [7, 11) is 0. The van der Waals surface area contributed by atoms with Gasteiger partial charge in [0, 0.05) is 23.9 Å². The molecule has 0 aromatic heterocycles. The first kappa shape index (κ1) is 18.1. The highest BCUT2D eigenvalue weighted by atomic mass is 19.3. The van der Waals surface area contributed by atoms with E-state index in [9.17, 15) is 27.7 Å². The lowest BCUT2D eigenvalue weighted by atomic mass is 10.2. The summed E-state index contributed by atoms with van der Waals surface area (Å²) in [6.07, 6.45) is -8.78. The van der Waals surface area contributed by atoms with Gasteiger partial charge in [-0.2, -0.15) is 22.7 Å². The Morgan fingerprint density at radius 1 is 1.12 bits per heavy atom. The number of nitrogen functional groups attached to an aromatic ring is 1. The minimum Gasteiger partial charge on any atom is -0.426 e. The molecule has 2 aromatic rings. The van der Waals surface area contributed by atoms with E-state index >= 15 is 0 Å². The Hall–Kier alpha value is -3.24. The Bertz CT molecular complexity index is 797. The molecule has 2 rings (SSSR count). The molecule has 11 heteroatoms. The maximum absolute atomic E-state index is 13.1. The minimum atomic E-state index is -4.73. The molecule has 0 aliphatic heterocycles. The van der Waals surface area contributed by atoms with Crippen LogP contribution in [0.1, 0.15) is 0 Å². The lowest BCUT2D eigenvalue weighted by Crippen LogP contribution is -2.33. The molecule has 0 radical (unpaired) electrons. The van der Waals surface area contributed by atoms with Crippen molar-refractivity contribution in [3.8, 4) is 5.75 Å². The predicted octanol–water partition coefficient (Wildman–Crippen LogP) is 4.83. The van der Waals surface area contributed by atoms with Crippen LogP contribution in [0.2, 0.25) is 0 Å². The van der Waals surface area contributed by atoms with E-state index in [4.69, 9.17) is 5.73 Å². The van der Waals surface area contributed by atoms with Crippen LogP contribution in [-0.2, 0) is 0 Å². The zero-order valence-electron chi connectivity index (χ0n) is 12.3. The van der Waals surface area contributed by atoms with Gasteiger partial charge in [-0.3, -0.25) is 10.1 Å². The number of halogens is 4. The van der Waals surface area contributed by atoms with Gasteiger partial charge < -0.3 is 10.5 Å². The number of anilines is 1. The third-order valence-electron chi connectivity index (χ3n) is 2.82. The van der Waals surface area contributed by atoms with E-state index in [2.05, 4.69) is 15.0 Å². The summed E-state index contributed by atoms with van der Waals surface area (Å²) in [6.45, 7) is 0. The van der Waals surface area contributed by atoms with Crippen LogP contribution in [0.25, 0.3) is 0 Å². The van der Waals surface area contributed by atoms with Crippen LogP contribution in [0.15, 0.2) is 52.7 Å². The van der Waals surface area contributed by atoms with Gasteiger partial charge in [-0.05, 0) is 24.3 Å². The third-order valence-corrected chi connectivity index (χ3v) is 2.82. The maximum Gasteiger partial charge on any atom is 0.461 e. The van der Waals surface area contributed by atoms with E-state index in [-0.39, 0.29) is 22.7 Å². The predicted molar refractivity (Wildman–Crippen MR) is 79.7 cm³/mol. The highest BCUT2D eigenvalue weighted by molar-refractivity contribution is 5.59. The molecular weight excluding hydrogens is 348 g/mol. The fraction of sp³-hybridized carbons (Fsp3) is 0.143. The zero-order valence-corrected chi connectivity index (χ0v) is 12.3. The summed E-state index contributed by atoms with van der Waals surface area (Å²) in [6, 6.07) is 8.22. The molecule has 0 atom stereocenters. The number of ether oxygens (including phenoxy) is 1. The summed E-state index contributed by atoms with van der Waals surface area (Å²) < 4.78 is 54.7. The number of nitrogens with two attached hydrogens (primary N) is 1. The van der Waals surface area contributed by atoms with Crippen molar-refractivity contribution in [3.05, 3.63) is 52.6 Å². The number of nitrogens with zero attached hydrogens (tertiary/aromatic N) is 3. The van der Waals surface area contributed by atoms with Crippen LogP contribution in [0.4, 0.5) is 40.3 Å². The summed E-state index contributed by atoms with van der Waals surface area (Å²) in [5, 5.41) is 17.9. The number of rotatable bonds is 6. The first-order valence-corrected chi connectivity index (χ1v) is 6.60. The Morgan fingerprint density at radius 3 is 2.32 bits per heavy atom. The molecular formula is C14H10F4N4O3. The second-order valence-corrected chi connectivity index (χ2v) is 4.67. The molecule has 0 spiro atoms. The average molecular weight is 358 g/mol. The number of hydrogen-bond acceptors (Lipinski definition) is 6. The van der Waals surface area contributed by atoms with E-state index in [1.165, 1.54) is 30.3 Å². The van der Waals surface area contributed by atoms with Crippen LogP contribution in [0.5, 0.6) is 5.75 Å². The minimum absolute atomic E-state index is 0.00523. The van der Waals surface area contributed by atoms with Crippen molar-refractivity contribution < 1.29 is 27.2 Å². The Kier molecular flexibility index (Phi) is 5.15. The number of azo groups is 1. The van der Waals surface area contributed by atoms with Gasteiger partial charge in [0.15, 0.2) is 5.75 Å². The summed E-state index contributed by atoms with van der Waals surface area (Å²) in [4.78, 5) is 9.93. The molecule has 0 amide bonds. The average Bonchev–Trinajstić information content (AvgIpc) is 2.54. The molecule has 132 valence electrons. The van der Waals surface area contributed by atoms with E-state index in [0.717, 1.165) is 12.1 Å². The number of nitro groups is 1. The number of benzene rings is 2. The van der Waals surface area contributed by atoms with Gasteiger partial charge in [-0.25, -0.2) is 0 Å². The van der Waals surface area contributed by atoms with Crippen LogP contribution < -0.4 is 10.5 Å². The number of hydrogen-bond donors (Lipinski definition) is 1. The molecule has 0 fully saturated rings. The lowest BCUT2D eigenvalue weighted by Gasteiger charge is -2.17. The normalized spacial score (nSPS) is 11.9. The highest BCUT2D eigenvalue weighted by Gasteiger charge is 2.44. The molecule has 0 unspecified atom stereocenters. The number of alkyl halides is 4. The smallest absolute Gasteiger partial charge is 0.426 e. The van der Waals surface area contributed by atoms with Crippen LogP contribution in [-0.4, -0.2) is 17.5 Å². The second-order valence-electron chi connectivity index (χ2n) is 4.67. The first-order valence-electron chi connectivity index (χ1n) is 6.60. The molecule has 0 saturated heterocycles. The van der Waals surface area contributed by atoms with Gasteiger partial charge in [-0.1, -0.05) is 0 Å². The SMILES string of the molecule is Nc1ccc(N=Nc2ccc([N+](=O)[O-])cc2)c(OC(F)(F)C(F)F)c1. The molecule has 2 N–H and O–H groups in total. The molecule has 0 saturated carbocycles. The monoisotopic (exact) mass is 358 g/mol. The summed E-state index contributed by atoms with van der Waals surface area (Å²) >= 11 is 0. The van der Waals surface area contributed by atoms with Gasteiger partial charge >= 0.3 is 12.5 Å². The van der Waals surface area contributed by atoms with Crippen LogP contribution in [0.3, 0.4) is 0 Å². The van der Waals surface area contributed by atoms with E-state index < -0.39 is 23.2 Å². The Balaban J connectivity index is 2.28. The zero-order chi connectivity index (χ0) is 18.6. The van der Waals surface area contributed by atoms with E-state index in [1.54, 1.807) is 0 Å². The standard InChI is InChI=1S/C14H10F4N4O3/c15-13(16)14(17,18)25-12-7-8(19)1-6-11(12)21-20-9-2-4-10(5-3-9)22(23)24/h1-7,13H,19H2. The number of non-ortho nitro benzene ring substituents is 1.